The third kappa shape index (κ3) is 1.87. The molecule has 0 radical (unpaired) electrons. The highest BCUT2D eigenvalue weighted by molar-refractivity contribution is 5.86. The van der Waals surface area contributed by atoms with Crippen LogP contribution in [0.25, 0.3) is 0 Å². The number of nitrogens with one attached hydrogen (secondary N) is 2. The Morgan fingerprint density at radius 3 is 2.60 bits per heavy atom. The molecule has 3 nitrogen and oxygen atoms in total. The van der Waals surface area contributed by atoms with Crippen LogP contribution in [-0.4, -0.2) is 30.2 Å². The van der Waals surface area contributed by atoms with E-state index in [0.29, 0.717) is 13.0 Å². The van der Waals surface area contributed by atoms with Gasteiger partial charge < -0.3 is 10.6 Å². The fourth-order valence-corrected chi connectivity index (χ4v) is 2.38. The molecule has 2 rings (SSSR count). The van der Waals surface area contributed by atoms with Crippen LogP contribution in [0.5, 0.6) is 0 Å². The summed E-state index contributed by atoms with van der Waals surface area (Å²) in [6.45, 7) is 2.82. The molecule has 1 atom stereocenters. The fraction of sp³-hybridized carbons (Fsp3) is 0.909. The van der Waals surface area contributed by atoms with Gasteiger partial charge in [0.2, 0.25) is 5.67 Å². The molecule has 1 amide bonds. The summed E-state index contributed by atoms with van der Waals surface area (Å²) in [4.78, 5) is 11.8. The van der Waals surface area contributed by atoms with E-state index in [1.54, 1.807) is 0 Å². The van der Waals surface area contributed by atoms with Gasteiger partial charge in [-0.05, 0) is 32.2 Å². The number of amides is 1. The molecule has 1 heterocycles. The van der Waals surface area contributed by atoms with Crippen molar-refractivity contribution in [2.45, 2.75) is 50.2 Å². The van der Waals surface area contributed by atoms with Crippen molar-refractivity contribution in [2.24, 2.45) is 0 Å². The summed E-state index contributed by atoms with van der Waals surface area (Å²) in [5.74, 6) is -0.408. The maximum absolute atomic E-state index is 14.1. The highest BCUT2D eigenvalue weighted by Crippen LogP contribution is 2.35. The number of hydrogen-bond donors (Lipinski definition) is 2. The minimum Gasteiger partial charge on any atom is -0.348 e. The lowest BCUT2D eigenvalue weighted by molar-refractivity contribution is -0.135. The van der Waals surface area contributed by atoms with Gasteiger partial charge in [-0.2, -0.15) is 0 Å². The Balaban J connectivity index is 1.96. The molecule has 1 saturated carbocycles. The van der Waals surface area contributed by atoms with Crippen LogP contribution in [0, 0.1) is 0 Å². The monoisotopic (exact) mass is 214 g/mol. The van der Waals surface area contributed by atoms with Crippen LogP contribution < -0.4 is 10.6 Å². The highest BCUT2D eigenvalue weighted by Gasteiger charge is 2.46. The molecule has 2 aliphatic rings. The van der Waals surface area contributed by atoms with Crippen molar-refractivity contribution in [1.29, 1.82) is 0 Å². The number of rotatable bonds is 3. The molecule has 1 saturated heterocycles. The van der Waals surface area contributed by atoms with Crippen molar-refractivity contribution in [1.82, 2.24) is 10.6 Å². The molecule has 4 heteroatoms. The van der Waals surface area contributed by atoms with Crippen molar-refractivity contribution in [3.05, 3.63) is 0 Å². The van der Waals surface area contributed by atoms with Gasteiger partial charge in [0.25, 0.3) is 5.91 Å². The smallest absolute Gasteiger partial charge is 0.259 e. The van der Waals surface area contributed by atoms with Crippen molar-refractivity contribution >= 4 is 5.91 Å². The molecule has 0 bridgehead atoms. The third-order valence-electron chi connectivity index (χ3n) is 3.88. The summed E-state index contributed by atoms with van der Waals surface area (Å²) in [5, 5.41) is 5.81. The number of alkyl halides is 1. The molecule has 86 valence electrons. The van der Waals surface area contributed by atoms with E-state index >= 15 is 0 Å². The summed E-state index contributed by atoms with van der Waals surface area (Å²) >= 11 is 0. The highest BCUT2D eigenvalue weighted by atomic mass is 19.1. The number of carbonyl (C=O) groups excluding carboxylic acids is 1. The van der Waals surface area contributed by atoms with Crippen molar-refractivity contribution in [3.8, 4) is 0 Å². The summed E-state index contributed by atoms with van der Waals surface area (Å²) in [5.41, 5.74) is -1.77. The van der Waals surface area contributed by atoms with Gasteiger partial charge in [0, 0.05) is 18.5 Å². The predicted octanol–water partition coefficient (Wildman–Crippen LogP) is 1.14. The molecule has 0 aromatic heterocycles. The van der Waals surface area contributed by atoms with E-state index in [2.05, 4.69) is 17.6 Å². The second-order valence-corrected chi connectivity index (χ2v) is 4.83. The molecule has 2 fully saturated rings. The Hall–Kier alpha value is -0.640. The second-order valence-electron chi connectivity index (χ2n) is 4.83. The van der Waals surface area contributed by atoms with Gasteiger partial charge in [0.15, 0.2) is 0 Å². The number of halogens is 1. The Morgan fingerprint density at radius 2 is 2.20 bits per heavy atom. The van der Waals surface area contributed by atoms with Crippen LogP contribution in [0.1, 0.15) is 39.0 Å². The summed E-state index contributed by atoms with van der Waals surface area (Å²) in [6, 6.07) is 0. The van der Waals surface area contributed by atoms with Gasteiger partial charge in [0.05, 0.1) is 0 Å². The maximum atomic E-state index is 14.1. The lowest BCUT2D eigenvalue weighted by Crippen LogP contribution is -2.58. The third-order valence-corrected chi connectivity index (χ3v) is 3.88. The van der Waals surface area contributed by atoms with Crippen LogP contribution >= 0.6 is 0 Å². The normalized spacial score (nSPS) is 33.5. The Kier molecular flexibility index (Phi) is 2.71. The van der Waals surface area contributed by atoms with Gasteiger partial charge in [0.1, 0.15) is 0 Å². The molecule has 1 aliphatic carbocycles. The Labute approximate surface area is 89.8 Å². The average Bonchev–Trinajstić information content (AvgIpc) is 2.60. The largest absolute Gasteiger partial charge is 0.348 e. The number of carbonyl (C=O) groups is 1. The summed E-state index contributed by atoms with van der Waals surface area (Å²) in [7, 11) is 0. The minimum absolute atomic E-state index is 0.0984. The molecule has 0 spiro atoms. The molecule has 0 aromatic rings. The quantitative estimate of drug-likeness (QED) is 0.739. The molecular weight excluding hydrogens is 195 g/mol. The van der Waals surface area contributed by atoms with Crippen LogP contribution in [0.15, 0.2) is 0 Å². The predicted molar refractivity (Wildman–Crippen MR) is 56.3 cm³/mol. The van der Waals surface area contributed by atoms with Crippen molar-refractivity contribution in [3.63, 3.8) is 0 Å². The van der Waals surface area contributed by atoms with Crippen LogP contribution in [0.4, 0.5) is 4.39 Å². The first kappa shape index (κ1) is 10.9. The zero-order valence-electron chi connectivity index (χ0n) is 9.24. The molecule has 0 unspecified atom stereocenters. The van der Waals surface area contributed by atoms with E-state index in [4.69, 9.17) is 0 Å². The first-order valence-electron chi connectivity index (χ1n) is 5.83. The van der Waals surface area contributed by atoms with Crippen molar-refractivity contribution < 1.29 is 9.18 Å². The molecule has 0 aromatic carbocycles. The Morgan fingerprint density at radius 1 is 1.47 bits per heavy atom. The average molecular weight is 214 g/mol. The van der Waals surface area contributed by atoms with Gasteiger partial charge >= 0.3 is 0 Å². The Bertz CT molecular complexity index is 252. The van der Waals surface area contributed by atoms with E-state index in [1.807, 2.05) is 0 Å². The van der Waals surface area contributed by atoms with E-state index in [9.17, 15) is 9.18 Å². The summed E-state index contributed by atoms with van der Waals surface area (Å²) in [6.07, 6.45) is 4.35. The topological polar surface area (TPSA) is 41.1 Å². The zero-order chi connectivity index (χ0) is 10.9. The van der Waals surface area contributed by atoms with Gasteiger partial charge in [-0.1, -0.05) is 6.92 Å². The standard InChI is InChI=1S/C11H19FN2O/c1-2-10(4-3-5-10)14-9(15)11(12)6-7-13-8-11/h13H,2-8H2,1H3,(H,14,15)/t11-/m0/s1. The first-order chi connectivity index (χ1) is 7.10. The van der Waals surface area contributed by atoms with E-state index < -0.39 is 11.6 Å². The van der Waals surface area contributed by atoms with Crippen LogP contribution in [-0.2, 0) is 4.79 Å². The maximum Gasteiger partial charge on any atom is 0.259 e. The molecule has 2 N–H and O–H groups in total. The lowest BCUT2D eigenvalue weighted by Gasteiger charge is -2.43. The number of hydrogen-bond acceptors (Lipinski definition) is 2. The summed E-state index contributed by atoms with van der Waals surface area (Å²) < 4.78 is 14.1. The molecule has 1 aliphatic heterocycles. The van der Waals surface area contributed by atoms with Gasteiger partial charge in [-0.15, -0.1) is 0 Å². The minimum atomic E-state index is -1.67. The second kappa shape index (κ2) is 3.74. The van der Waals surface area contributed by atoms with E-state index in [1.165, 1.54) is 0 Å². The SMILES string of the molecule is CCC1(NC(=O)[C@]2(F)CCNC2)CCC1. The zero-order valence-corrected chi connectivity index (χ0v) is 9.24. The first-order valence-corrected chi connectivity index (χ1v) is 5.83. The molecule has 15 heavy (non-hydrogen) atoms. The molecular formula is C11H19FN2O. The van der Waals surface area contributed by atoms with Crippen LogP contribution in [0.2, 0.25) is 0 Å². The fourth-order valence-electron chi connectivity index (χ4n) is 2.38. The van der Waals surface area contributed by atoms with Crippen LogP contribution in [0.3, 0.4) is 0 Å². The van der Waals surface area contributed by atoms with Crippen molar-refractivity contribution in [2.75, 3.05) is 13.1 Å². The van der Waals surface area contributed by atoms with Gasteiger partial charge in [-0.25, -0.2) is 4.39 Å². The lowest BCUT2D eigenvalue weighted by atomic mass is 9.74. The van der Waals surface area contributed by atoms with E-state index in [0.717, 1.165) is 25.7 Å². The van der Waals surface area contributed by atoms with Gasteiger partial charge in [-0.3, -0.25) is 4.79 Å². The van der Waals surface area contributed by atoms with E-state index in [-0.39, 0.29) is 12.1 Å².